The zero-order valence-corrected chi connectivity index (χ0v) is 14.7. The van der Waals surface area contributed by atoms with Crippen molar-refractivity contribution in [1.29, 1.82) is 0 Å². The Labute approximate surface area is 148 Å². The molecule has 7 nitrogen and oxygen atoms in total. The van der Waals surface area contributed by atoms with E-state index in [4.69, 9.17) is 14.9 Å². The molecule has 142 valence electrons. The Hall–Kier alpha value is -1.79. The molecule has 0 heterocycles. The van der Waals surface area contributed by atoms with Gasteiger partial charge >= 0.3 is 18.0 Å². The Bertz CT molecular complexity index is 496. The molecule has 2 aliphatic carbocycles. The van der Waals surface area contributed by atoms with E-state index in [1.54, 1.807) is 0 Å². The molecule has 25 heavy (non-hydrogen) atoms. The summed E-state index contributed by atoms with van der Waals surface area (Å²) in [6.07, 6.45) is 8.05. The van der Waals surface area contributed by atoms with Gasteiger partial charge in [-0.1, -0.05) is 19.3 Å². The summed E-state index contributed by atoms with van der Waals surface area (Å²) in [7, 11) is 0. The maximum absolute atomic E-state index is 11.5. The maximum atomic E-state index is 11.5. The van der Waals surface area contributed by atoms with E-state index in [9.17, 15) is 14.4 Å². The first-order valence-electron chi connectivity index (χ1n) is 9.28. The summed E-state index contributed by atoms with van der Waals surface area (Å²) in [6, 6.07) is 0. The molecule has 0 spiro atoms. The lowest BCUT2D eigenvalue weighted by molar-refractivity contribution is -0.144. The molecule has 0 aliphatic heterocycles. The summed E-state index contributed by atoms with van der Waals surface area (Å²) in [5, 5.41) is 20.8. The molecule has 0 aromatic rings. The third-order valence-electron chi connectivity index (χ3n) is 5.50. The fraction of sp³-hybridized carbons (Fsp3) is 0.833. The minimum atomic E-state index is -0.698. The fourth-order valence-corrected chi connectivity index (χ4v) is 3.18. The number of rotatable bonds is 13. The normalized spacial score (nSPS) is 19.0. The van der Waals surface area contributed by atoms with Crippen molar-refractivity contribution in [2.75, 3.05) is 13.2 Å². The number of hydrogen-bond acceptors (Lipinski definition) is 4. The van der Waals surface area contributed by atoms with Gasteiger partial charge in [-0.2, -0.15) is 0 Å². The highest BCUT2D eigenvalue weighted by Crippen LogP contribution is 2.50. The van der Waals surface area contributed by atoms with Gasteiger partial charge in [0.2, 0.25) is 0 Å². The molecule has 1 amide bonds. The monoisotopic (exact) mass is 355 g/mol. The number of unbranched alkanes of at least 4 members (excludes halogenated alkanes) is 3. The molecule has 2 fully saturated rings. The largest absolute Gasteiger partial charge is 0.481 e. The van der Waals surface area contributed by atoms with Crippen LogP contribution in [0.3, 0.4) is 0 Å². The summed E-state index contributed by atoms with van der Waals surface area (Å²) in [6.45, 7) is 0.837. The number of nitrogens with one attached hydrogen (secondary N) is 1. The van der Waals surface area contributed by atoms with Gasteiger partial charge in [0.15, 0.2) is 0 Å². The Morgan fingerprint density at radius 1 is 0.800 bits per heavy atom. The molecule has 0 bridgehead atoms. The highest BCUT2D eigenvalue weighted by molar-refractivity contribution is 5.78. The molecule has 0 atom stereocenters. The van der Waals surface area contributed by atoms with Gasteiger partial charge in [-0.05, 0) is 51.4 Å². The molecule has 2 rings (SSSR count). The van der Waals surface area contributed by atoms with Crippen LogP contribution in [0, 0.1) is 10.8 Å². The van der Waals surface area contributed by atoms with Crippen molar-refractivity contribution in [3.05, 3.63) is 0 Å². The molecule has 0 aromatic heterocycles. The van der Waals surface area contributed by atoms with Crippen molar-refractivity contribution in [3.63, 3.8) is 0 Å². The highest BCUT2D eigenvalue weighted by atomic mass is 16.5. The first-order chi connectivity index (χ1) is 11.9. The smallest absolute Gasteiger partial charge is 0.407 e. The van der Waals surface area contributed by atoms with Gasteiger partial charge in [0.25, 0.3) is 0 Å². The topological polar surface area (TPSA) is 113 Å². The number of alkyl carbamates (subject to hydrolysis) is 1. The van der Waals surface area contributed by atoms with E-state index in [1.165, 1.54) is 0 Å². The summed E-state index contributed by atoms with van der Waals surface area (Å²) in [5.41, 5.74) is -0.946. The van der Waals surface area contributed by atoms with Crippen molar-refractivity contribution >= 4 is 18.0 Å². The summed E-state index contributed by atoms with van der Waals surface area (Å²) in [5.74, 6) is -1.38. The lowest BCUT2D eigenvalue weighted by atomic mass is 9.99. The van der Waals surface area contributed by atoms with E-state index >= 15 is 0 Å². The molecule has 3 N–H and O–H groups in total. The number of carbonyl (C=O) groups is 3. The number of aliphatic carboxylic acids is 2. The first kappa shape index (κ1) is 19.5. The summed E-state index contributed by atoms with van der Waals surface area (Å²) in [4.78, 5) is 33.6. The number of carboxylic acids is 2. The van der Waals surface area contributed by atoms with E-state index in [0.717, 1.165) is 57.8 Å². The van der Waals surface area contributed by atoms with Gasteiger partial charge in [0, 0.05) is 6.54 Å². The Morgan fingerprint density at radius 2 is 1.32 bits per heavy atom. The number of hydrogen-bond donors (Lipinski definition) is 3. The molecular formula is C18H29NO6. The van der Waals surface area contributed by atoms with Gasteiger partial charge in [0.05, 0.1) is 17.4 Å². The van der Waals surface area contributed by atoms with Crippen LogP contribution in [-0.4, -0.2) is 41.4 Å². The molecule has 0 saturated heterocycles. The maximum Gasteiger partial charge on any atom is 0.407 e. The minimum Gasteiger partial charge on any atom is -0.481 e. The Morgan fingerprint density at radius 3 is 1.80 bits per heavy atom. The van der Waals surface area contributed by atoms with Gasteiger partial charge in [-0.15, -0.1) is 0 Å². The lowest BCUT2D eigenvalue weighted by Crippen LogP contribution is -2.26. The van der Waals surface area contributed by atoms with Crippen molar-refractivity contribution < 1.29 is 29.3 Å². The van der Waals surface area contributed by atoms with Crippen LogP contribution in [0.1, 0.15) is 70.6 Å². The zero-order valence-electron chi connectivity index (χ0n) is 14.7. The van der Waals surface area contributed by atoms with Crippen LogP contribution in [0.15, 0.2) is 0 Å². The van der Waals surface area contributed by atoms with Crippen molar-refractivity contribution in [1.82, 2.24) is 5.32 Å². The molecule has 0 radical (unpaired) electrons. The van der Waals surface area contributed by atoms with Crippen molar-refractivity contribution in [2.24, 2.45) is 10.8 Å². The van der Waals surface area contributed by atoms with Crippen LogP contribution in [0.25, 0.3) is 0 Å². The first-order valence-corrected chi connectivity index (χ1v) is 9.28. The average Bonchev–Trinajstić information content (AvgIpc) is 3.45. The standard InChI is InChI=1S/C18H29NO6/c20-14(21)17(8-9-17)6-2-1-5-13-25-16(24)19-12-4-3-7-18(10-11-18)15(22)23/h1-13H2,(H,19,24)(H,20,21)(H,22,23). The van der Waals surface area contributed by atoms with Crippen LogP contribution in [0.4, 0.5) is 4.79 Å². The molecular weight excluding hydrogens is 326 g/mol. The second-order valence-electron chi connectivity index (χ2n) is 7.50. The minimum absolute atomic E-state index is 0.341. The van der Waals surface area contributed by atoms with Crippen LogP contribution < -0.4 is 5.32 Å². The molecule has 2 aliphatic rings. The van der Waals surface area contributed by atoms with Crippen molar-refractivity contribution in [2.45, 2.75) is 70.6 Å². The number of carboxylic acid groups (broad SMARTS) is 2. The number of carbonyl (C=O) groups excluding carboxylic acids is 1. The quantitative estimate of drug-likeness (QED) is 0.437. The second kappa shape index (κ2) is 8.54. The molecule has 7 heteroatoms. The van der Waals surface area contributed by atoms with Gasteiger partial charge in [-0.25, -0.2) is 4.79 Å². The number of amides is 1. The fourth-order valence-electron chi connectivity index (χ4n) is 3.18. The SMILES string of the molecule is O=C(NCCCCC1(C(=O)O)CC1)OCCCCCC1(C(=O)O)CC1. The zero-order chi connectivity index (χ0) is 18.3. The van der Waals surface area contributed by atoms with E-state index in [1.807, 2.05) is 0 Å². The summed E-state index contributed by atoms with van der Waals surface area (Å²) >= 11 is 0. The van der Waals surface area contributed by atoms with Gasteiger partial charge in [-0.3, -0.25) is 9.59 Å². The van der Waals surface area contributed by atoms with E-state index in [2.05, 4.69) is 5.32 Å². The Kier molecular flexibility index (Phi) is 6.67. The van der Waals surface area contributed by atoms with Crippen LogP contribution in [0.5, 0.6) is 0 Å². The summed E-state index contributed by atoms with van der Waals surface area (Å²) < 4.78 is 5.07. The number of ether oxygens (including phenoxy) is 1. The third kappa shape index (κ3) is 5.90. The Balaban J connectivity index is 1.39. The predicted octanol–water partition coefficient (Wildman–Crippen LogP) is 3.17. The average molecular weight is 355 g/mol. The van der Waals surface area contributed by atoms with Crippen molar-refractivity contribution in [3.8, 4) is 0 Å². The lowest BCUT2D eigenvalue weighted by Gasteiger charge is -2.10. The van der Waals surface area contributed by atoms with Gasteiger partial charge < -0.3 is 20.3 Å². The molecule has 0 aromatic carbocycles. The van der Waals surface area contributed by atoms with E-state index in [-0.39, 0.29) is 0 Å². The van der Waals surface area contributed by atoms with Crippen LogP contribution >= 0.6 is 0 Å². The molecule has 0 unspecified atom stereocenters. The van der Waals surface area contributed by atoms with Crippen LogP contribution in [0.2, 0.25) is 0 Å². The van der Waals surface area contributed by atoms with E-state index in [0.29, 0.717) is 26.0 Å². The van der Waals surface area contributed by atoms with E-state index < -0.39 is 28.9 Å². The third-order valence-corrected chi connectivity index (χ3v) is 5.50. The molecule has 2 saturated carbocycles. The van der Waals surface area contributed by atoms with Gasteiger partial charge in [0.1, 0.15) is 0 Å². The highest BCUT2D eigenvalue weighted by Gasteiger charge is 2.49. The van der Waals surface area contributed by atoms with Crippen LogP contribution in [-0.2, 0) is 14.3 Å². The predicted molar refractivity (Wildman–Crippen MR) is 90.3 cm³/mol. The second-order valence-corrected chi connectivity index (χ2v) is 7.50.